The SMILES string of the molecule is CCCON=C(C(=O)CCl)C(=O)OCC. The standard InChI is InChI=1S/C9H14ClNO4/c1-3-5-15-11-8(7(12)6-10)9(13)14-4-2/h3-6H2,1-2H3. The van der Waals surface area contributed by atoms with Crippen molar-refractivity contribution in [2.75, 3.05) is 19.1 Å². The largest absolute Gasteiger partial charge is 0.461 e. The zero-order valence-corrected chi connectivity index (χ0v) is 9.54. The Bertz CT molecular complexity index is 252. The molecule has 0 fully saturated rings. The van der Waals surface area contributed by atoms with E-state index < -0.39 is 11.8 Å². The number of ketones is 1. The Morgan fingerprint density at radius 3 is 2.47 bits per heavy atom. The van der Waals surface area contributed by atoms with E-state index in [0.29, 0.717) is 6.61 Å². The van der Waals surface area contributed by atoms with E-state index in [4.69, 9.17) is 16.4 Å². The fourth-order valence-corrected chi connectivity index (χ4v) is 0.793. The minimum Gasteiger partial charge on any atom is -0.461 e. The number of esters is 1. The van der Waals surface area contributed by atoms with Crippen molar-refractivity contribution in [1.29, 1.82) is 0 Å². The van der Waals surface area contributed by atoms with Gasteiger partial charge in [-0.2, -0.15) is 0 Å². The molecule has 0 heterocycles. The average Bonchev–Trinajstić information content (AvgIpc) is 2.23. The van der Waals surface area contributed by atoms with Gasteiger partial charge < -0.3 is 9.57 Å². The first-order valence-corrected chi connectivity index (χ1v) is 5.17. The summed E-state index contributed by atoms with van der Waals surface area (Å²) in [5, 5.41) is 3.41. The van der Waals surface area contributed by atoms with Crippen LogP contribution >= 0.6 is 11.6 Å². The zero-order chi connectivity index (χ0) is 11.7. The lowest BCUT2D eigenvalue weighted by molar-refractivity contribution is -0.135. The molecule has 0 unspecified atom stereocenters. The van der Waals surface area contributed by atoms with E-state index in [2.05, 4.69) is 9.89 Å². The highest BCUT2D eigenvalue weighted by molar-refractivity contribution is 6.67. The lowest BCUT2D eigenvalue weighted by Crippen LogP contribution is -2.27. The summed E-state index contributed by atoms with van der Waals surface area (Å²) in [7, 11) is 0. The lowest BCUT2D eigenvalue weighted by Gasteiger charge is -2.03. The van der Waals surface area contributed by atoms with E-state index in [1.165, 1.54) is 0 Å². The van der Waals surface area contributed by atoms with Crippen molar-refractivity contribution in [2.45, 2.75) is 20.3 Å². The number of Topliss-reactive ketones (excluding diaryl/α,β-unsaturated/α-hetero) is 1. The first kappa shape index (κ1) is 13.9. The van der Waals surface area contributed by atoms with Crippen molar-refractivity contribution in [3.8, 4) is 0 Å². The summed E-state index contributed by atoms with van der Waals surface area (Å²) in [6.07, 6.45) is 0.731. The van der Waals surface area contributed by atoms with E-state index in [1.54, 1.807) is 6.92 Å². The number of carbonyl (C=O) groups is 2. The van der Waals surface area contributed by atoms with Gasteiger partial charge in [-0.25, -0.2) is 4.79 Å². The molecule has 0 saturated heterocycles. The molecule has 86 valence electrons. The Kier molecular flexibility index (Phi) is 7.62. The number of alkyl halides is 1. The van der Waals surface area contributed by atoms with Crippen LogP contribution in [-0.4, -0.2) is 36.6 Å². The van der Waals surface area contributed by atoms with Crippen LogP contribution in [0.3, 0.4) is 0 Å². The van der Waals surface area contributed by atoms with Gasteiger partial charge in [0.15, 0.2) is 0 Å². The van der Waals surface area contributed by atoms with Gasteiger partial charge in [0.1, 0.15) is 6.61 Å². The molecule has 0 amide bonds. The third kappa shape index (κ3) is 5.37. The molecule has 0 N–H and O–H groups in total. The predicted octanol–water partition coefficient (Wildman–Crippen LogP) is 1.14. The van der Waals surface area contributed by atoms with Crippen molar-refractivity contribution >= 4 is 29.1 Å². The minimum absolute atomic E-state index is 0.168. The molecule has 15 heavy (non-hydrogen) atoms. The van der Waals surface area contributed by atoms with Crippen molar-refractivity contribution < 1.29 is 19.2 Å². The molecule has 0 aliphatic carbocycles. The third-order valence-electron chi connectivity index (χ3n) is 1.31. The monoisotopic (exact) mass is 235 g/mol. The van der Waals surface area contributed by atoms with Crippen molar-refractivity contribution in [2.24, 2.45) is 5.16 Å². The Hall–Kier alpha value is -1.10. The highest BCUT2D eigenvalue weighted by Crippen LogP contribution is 1.93. The van der Waals surface area contributed by atoms with Crippen molar-refractivity contribution in [3.63, 3.8) is 0 Å². The fourth-order valence-electron chi connectivity index (χ4n) is 0.666. The molecule has 0 rings (SSSR count). The van der Waals surface area contributed by atoms with Gasteiger partial charge in [-0.3, -0.25) is 4.79 Å². The molecule has 0 aliphatic heterocycles. The maximum Gasteiger partial charge on any atom is 0.364 e. The second-order valence-electron chi connectivity index (χ2n) is 2.55. The molecular formula is C9H14ClNO4. The third-order valence-corrected chi connectivity index (χ3v) is 1.55. The van der Waals surface area contributed by atoms with Crippen LogP contribution in [0.15, 0.2) is 5.16 Å². The smallest absolute Gasteiger partial charge is 0.364 e. The van der Waals surface area contributed by atoms with Crippen LogP contribution in [0.5, 0.6) is 0 Å². The number of ether oxygens (including phenoxy) is 1. The number of oxime groups is 1. The van der Waals surface area contributed by atoms with Crippen LogP contribution in [0, 0.1) is 0 Å². The maximum atomic E-state index is 11.2. The molecule has 5 nitrogen and oxygen atoms in total. The van der Waals surface area contributed by atoms with E-state index in [0.717, 1.165) is 6.42 Å². The summed E-state index contributed by atoms with van der Waals surface area (Å²) >= 11 is 5.31. The number of halogens is 1. The van der Waals surface area contributed by atoms with Gasteiger partial charge >= 0.3 is 5.97 Å². The summed E-state index contributed by atoms with van der Waals surface area (Å²) in [5.41, 5.74) is -0.389. The highest BCUT2D eigenvalue weighted by atomic mass is 35.5. The molecule has 0 spiro atoms. The first-order chi connectivity index (χ1) is 7.17. The van der Waals surface area contributed by atoms with Gasteiger partial charge in [-0.15, -0.1) is 11.6 Å². The first-order valence-electron chi connectivity index (χ1n) is 4.63. The van der Waals surface area contributed by atoms with E-state index in [9.17, 15) is 9.59 Å². The molecule has 0 radical (unpaired) electrons. The topological polar surface area (TPSA) is 65.0 Å². The van der Waals surface area contributed by atoms with Gasteiger partial charge in [0.2, 0.25) is 11.5 Å². The van der Waals surface area contributed by atoms with Crippen molar-refractivity contribution in [1.82, 2.24) is 0 Å². The van der Waals surface area contributed by atoms with Crippen LogP contribution in [0.1, 0.15) is 20.3 Å². The molecular weight excluding hydrogens is 222 g/mol. The molecule has 0 aliphatic rings. The van der Waals surface area contributed by atoms with Gasteiger partial charge in [0.25, 0.3) is 0 Å². The molecule has 0 aromatic carbocycles. The number of carbonyl (C=O) groups excluding carboxylic acids is 2. The Labute approximate surface area is 93.4 Å². The van der Waals surface area contributed by atoms with E-state index in [1.807, 2.05) is 6.92 Å². The lowest BCUT2D eigenvalue weighted by atomic mass is 10.3. The normalized spacial score (nSPS) is 11.0. The summed E-state index contributed by atoms with van der Waals surface area (Å²) in [5.74, 6) is -1.74. The second kappa shape index (κ2) is 8.23. The molecule has 0 bridgehead atoms. The predicted molar refractivity (Wildman–Crippen MR) is 56.0 cm³/mol. The quantitative estimate of drug-likeness (QED) is 0.166. The maximum absolute atomic E-state index is 11.2. The Morgan fingerprint density at radius 2 is 2.00 bits per heavy atom. The zero-order valence-electron chi connectivity index (χ0n) is 8.79. The minimum atomic E-state index is -0.806. The number of nitrogens with zero attached hydrogens (tertiary/aromatic N) is 1. The molecule has 0 atom stereocenters. The molecule has 0 saturated carbocycles. The van der Waals surface area contributed by atoms with Crippen molar-refractivity contribution in [3.05, 3.63) is 0 Å². The highest BCUT2D eigenvalue weighted by Gasteiger charge is 2.21. The average molecular weight is 236 g/mol. The number of hydrogen-bond acceptors (Lipinski definition) is 5. The van der Waals surface area contributed by atoms with Gasteiger partial charge in [-0.05, 0) is 13.3 Å². The second-order valence-corrected chi connectivity index (χ2v) is 2.82. The van der Waals surface area contributed by atoms with Crippen LogP contribution < -0.4 is 0 Å². The Balaban J connectivity index is 4.49. The van der Waals surface area contributed by atoms with Gasteiger partial charge in [0, 0.05) is 0 Å². The summed E-state index contributed by atoms with van der Waals surface area (Å²) in [6, 6.07) is 0. The van der Waals surface area contributed by atoms with Crippen LogP contribution in [-0.2, 0) is 19.2 Å². The Morgan fingerprint density at radius 1 is 1.33 bits per heavy atom. The van der Waals surface area contributed by atoms with Gasteiger partial charge in [0.05, 0.1) is 12.5 Å². The van der Waals surface area contributed by atoms with Gasteiger partial charge in [-0.1, -0.05) is 12.1 Å². The van der Waals surface area contributed by atoms with Crippen LogP contribution in [0.4, 0.5) is 0 Å². The molecule has 6 heteroatoms. The summed E-state index contributed by atoms with van der Waals surface area (Å²) in [4.78, 5) is 27.1. The molecule has 0 aromatic rings. The number of hydrogen-bond donors (Lipinski definition) is 0. The van der Waals surface area contributed by atoms with Crippen LogP contribution in [0.2, 0.25) is 0 Å². The summed E-state index contributed by atoms with van der Waals surface area (Å²) < 4.78 is 4.63. The molecule has 0 aromatic heterocycles. The van der Waals surface area contributed by atoms with Crippen LogP contribution in [0.25, 0.3) is 0 Å². The fraction of sp³-hybridized carbons (Fsp3) is 0.667. The number of rotatable bonds is 7. The summed E-state index contributed by atoms with van der Waals surface area (Å²) in [6.45, 7) is 4.01. The van der Waals surface area contributed by atoms with E-state index in [-0.39, 0.29) is 18.2 Å². The van der Waals surface area contributed by atoms with E-state index >= 15 is 0 Å².